The Hall–Kier alpha value is -1.29. The first kappa shape index (κ1) is 10.8. The van der Waals surface area contributed by atoms with Crippen LogP contribution in [0.15, 0.2) is 6.07 Å². The first-order valence-corrected chi connectivity index (χ1v) is 4.12. The van der Waals surface area contributed by atoms with Crippen molar-refractivity contribution in [3.63, 3.8) is 0 Å². The van der Waals surface area contributed by atoms with E-state index in [9.17, 15) is 14.3 Å². The van der Waals surface area contributed by atoms with Gasteiger partial charge in [0.25, 0.3) is 0 Å². The number of phenols is 1. The van der Waals surface area contributed by atoms with Crippen LogP contribution in [-0.4, -0.2) is 18.0 Å². The van der Waals surface area contributed by atoms with Gasteiger partial charge in [-0.25, -0.2) is 4.39 Å². The molecule has 0 aromatic heterocycles. The number of methoxy groups -OCH3 is 1. The zero-order chi connectivity index (χ0) is 10.9. The van der Waals surface area contributed by atoms with Crippen LogP contribution >= 0.6 is 11.6 Å². The smallest absolute Gasteiger partial charge is 0.166 e. The molecule has 0 bridgehead atoms. The Morgan fingerprint density at radius 3 is 2.64 bits per heavy atom. The molecular formula is C9H8ClFO3. The molecule has 0 fully saturated rings. The molecule has 5 heteroatoms. The summed E-state index contributed by atoms with van der Waals surface area (Å²) in [4.78, 5) is 10.9. The highest BCUT2D eigenvalue weighted by molar-refractivity contribution is 6.32. The minimum absolute atomic E-state index is 0.00772. The molecule has 1 rings (SSSR count). The molecule has 0 aliphatic rings. The van der Waals surface area contributed by atoms with Gasteiger partial charge in [-0.05, 0) is 6.92 Å². The van der Waals surface area contributed by atoms with E-state index in [4.69, 9.17) is 16.3 Å². The molecule has 0 unspecified atom stereocenters. The summed E-state index contributed by atoms with van der Waals surface area (Å²) < 4.78 is 18.1. The number of hydrogen-bond donors (Lipinski definition) is 1. The lowest BCUT2D eigenvalue weighted by atomic mass is 10.1. The van der Waals surface area contributed by atoms with Gasteiger partial charge in [-0.15, -0.1) is 0 Å². The van der Waals surface area contributed by atoms with Crippen molar-refractivity contribution < 1.29 is 19.0 Å². The van der Waals surface area contributed by atoms with Gasteiger partial charge >= 0.3 is 0 Å². The SMILES string of the molecule is COc1cc(O)c(C(C)=O)c(F)c1Cl. The second-order valence-corrected chi connectivity index (χ2v) is 3.04. The van der Waals surface area contributed by atoms with Gasteiger partial charge in [0.1, 0.15) is 16.5 Å². The number of phenolic OH excluding ortho intramolecular Hbond substituents is 1. The van der Waals surface area contributed by atoms with E-state index in [1.807, 2.05) is 0 Å². The maximum atomic E-state index is 13.4. The first-order chi connectivity index (χ1) is 6.49. The van der Waals surface area contributed by atoms with E-state index in [1.165, 1.54) is 7.11 Å². The van der Waals surface area contributed by atoms with Gasteiger partial charge in [0.05, 0.1) is 12.7 Å². The van der Waals surface area contributed by atoms with Crippen molar-refractivity contribution in [1.29, 1.82) is 0 Å². The lowest BCUT2D eigenvalue weighted by molar-refractivity contribution is 0.101. The van der Waals surface area contributed by atoms with Crippen LogP contribution in [0.2, 0.25) is 5.02 Å². The molecule has 0 heterocycles. The molecule has 0 radical (unpaired) electrons. The van der Waals surface area contributed by atoms with Gasteiger partial charge in [-0.2, -0.15) is 0 Å². The normalized spacial score (nSPS) is 10.0. The molecule has 14 heavy (non-hydrogen) atoms. The van der Waals surface area contributed by atoms with E-state index in [0.29, 0.717) is 0 Å². The van der Waals surface area contributed by atoms with Gasteiger partial charge in [0.2, 0.25) is 0 Å². The van der Waals surface area contributed by atoms with Crippen molar-refractivity contribution in [2.24, 2.45) is 0 Å². The molecule has 1 aromatic carbocycles. The molecule has 0 spiro atoms. The Morgan fingerprint density at radius 1 is 1.64 bits per heavy atom. The van der Waals surface area contributed by atoms with Gasteiger partial charge in [0, 0.05) is 6.07 Å². The van der Waals surface area contributed by atoms with E-state index < -0.39 is 22.9 Å². The second-order valence-electron chi connectivity index (χ2n) is 2.66. The quantitative estimate of drug-likeness (QED) is 0.776. The zero-order valence-electron chi connectivity index (χ0n) is 7.60. The number of halogens is 2. The fourth-order valence-electron chi connectivity index (χ4n) is 1.07. The van der Waals surface area contributed by atoms with E-state index in [-0.39, 0.29) is 10.8 Å². The van der Waals surface area contributed by atoms with Crippen LogP contribution in [-0.2, 0) is 0 Å². The summed E-state index contributed by atoms with van der Waals surface area (Å²) in [6.45, 7) is 1.14. The molecule has 1 aromatic rings. The number of hydrogen-bond acceptors (Lipinski definition) is 3. The summed E-state index contributed by atoms with van der Waals surface area (Å²) in [6, 6.07) is 1.10. The van der Waals surface area contributed by atoms with E-state index in [2.05, 4.69) is 0 Å². The van der Waals surface area contributed by atoms with E-state index >= 15 is 0 Å². The summed E-state index contributed by atoms with van der Waals surface area (Å²) in [7, 11) is 1.29. The highest BCUT2D eigenvalue weighted by atomic mass is 35.5. The van der Waals surface area contributed by atoms with Crippen LogP contribution in [0, 0.1) is 5.82 Å². The lowest BCUT2D eigenvalue weighted by Crippen LogP contribution is -2.00. The number of ketones is 1. The predicted molar refractivity (Wildman–Crippen MR) is 49.6 cm³/mol. The molecule has 0 aliphatic carbocycles. The number of Topliss-reactive ketones (excluding diaryl/α,β-unsaturated/α-hetero) is 1. The topological polar surface area (TPSA) is 46.5 Å². The average molecular weight is 219 g/mol. The van der Waals surface area contributed by atoms with E-state index in [0.717, 1.165) is 13.0 Å². The van der Waals surface area contributed by atoms with Gasteiger partial charge in [-0.3, -0.25) is 4.79 Å². The average Bonchev–Trinajstić information content (AvgIpc) is 2.10. The van der Waals surface area contributed by atoms with Crippen LogP contribution in [0.5, 0.6) is 11.5 Å². The monoisotopic (exact) mass is 218 g/mol. The van der Waals surface area contributed by atoms with Crippen LogP contribution in [0.3, 0.4) is 0 Å². The molecule has 1 N–H and O–H groups in total. The minimum atomic E-state index is -0.962. The molecule has 76 valence electrons. The second kappa shape index (κ2) is 3.84. The van der Waals surface area contributed by atoms with Crippen LogP contribution in [0.1, 0.15) is 17.3 Å². The van der Waals surface area contributed by atoms with Crippen molar-refractivity contribution >= 4 is 17.4 Å². The van der Waals surface area contributed by atoms with Crippen LogP contribution < -0.4 is 4.74 Å². The number of carbonyl (C=O) groups excluding carboxylic acids is 1. The van der Waals surface area contributed by atoms with Crippen molar-refractivity contribution in [1.82, 2.24) is 0 Å². The third-order valence-electron chi connectivity index (χ3n) is 1.72. The van der Waals surface area contributed by atoms with Gasteiger partial charge in [-0.1, -0.05) is 11.6 Å². The molecule has 0 aliphatic heterocycles. The van der Waals surface area contributed by atoms with Crippen molar-refractivity contribution in [3.05, 3.63) is 22.5 Å². The lowest BCUT2D eigenvalue weighted by Gasteiger charge is -2.08. The Balaban J connectivity index is 3.49. The third-order valence-corrected chi connectivity index (χ3v) is 2.08. The fraction of sp³-hybridized carbons (Fsp3) is 0.222. The maximum Gasteiger partial charge on any atom is 0.166 e. The predicted octanol–water partition coefficient (Wildman–Crippen LogP) is 2.40. The standard InChI is InChI=1S/C9H8ClFO3/c1-4(12)7-5(13)3-6(14-2)8(10)9(7)11/h3,13H,1-2H3. The Kier molecular flexibility index (Phi) is 2.96. The highest BCUT2D eigenvalue weighted by Crippen LogP contribution is 2.35. The van der Waals surface area contributed by atoms with Crippen LogP contribution in [0.25, 0.3) is 0 Å². The molecule has 3 nitrogen and oxygen atoms in total. The summed E-state index contributed by atoms with van der Waals surface area (Å²) in [5, 5.41) is 8.99. The van der Waals surface area contributed by atoms with Crippen molar-refractivity contribution in [2.75, 3.05) is 7.11 Å². The number of ether oxygens (including phenoxy) is 1. The molecule has 0 atom stereocenters. The number of rotatable bonds is 2. The Morgan fingerprint density at radius 2 is 2.21 bits per heavy atom. The zero-order valence-corrected chi connectivity index (χ0v) is 8.35. The number of aromatic hydroxyl groups is 1. The van der Waals surface area contributed by atoms with Crippen molar-refractivity contribution in [2.45, 2.75) is 6.92 Å². The molecular weight excluding hydrogens is 211 g/mol. The summed E-state index contributed by atoms with van der Waals surface area (Å²) in [5.74, 6) is -2.04. The Bertz CT molecular complexity index is 390. The van der Waals surface area contributed by atoms with Crippen LogP contribution in [0.4, 0.5) is 4.39 Å². The highest BCUT2D eigenvalue weighted by Gasteiger charge is 2.20. The van der Waals surface area contributed by atoms with Crippen molar-refractivity contribution in [3.8, 4) is 11.5 Å². The molecule has 0 saturated heterocycles. The first-order valence-electron chi connectivity index (χ1n) is 3.75. The minimum Gasteiger partial charge on any atom is -0.507 e. The molecule has 0 saturated carbocycles. The van der Waals surface area contributed by atoms with Gasteiger partial charge in [0.15, 0.2) is 11.6 Å². The maximum absolute atomic E-state index is 13.4. The summed E-state index contributed by atoms with van der Waals surface area (Å²) in [5.41, 5.74) is -0.421. The number of carbonyl (C=O) groups is 1. The fourth-order valence-corrected chi connectivity index (χ4v) is 1.30. The van der Waals surface area contributed by atoms with Gasteiger partial charge < -0.3 is 9.84 Å². The Labute approximate surface area is 85.1 Å². The summed E-state index contributed by atoms with van der Waals surface area (Å²) >= 11 is 5.55. The largest absolute Gasteiger partial charge is 0.507 e. The molecule has 0 amide bonds. The number of benzene rings is 1. The van der Waals surface area contributed by atoms with E-state index in [1.54, 1.807) is 0 Å². The summed E-state index contributed by atoms with van der Waals surface area (Å²) in [6.07, 6.45) is 0. The third kappa shape index (κ3) is 1.65.